The van der Waals surface area contributed by atoms with Gasteiger partial charge < -0.3 is 14.2 Å². The number of piperazine rings is 1. The summed E-state index contributed by atoms with van der Waals surface area (Å²) in [5.41, 5.74) is 1.93. The molecule has 0 N–H and O–H groups in total. The Balaban J connectivity index is 1.42. The molecule has 8 heteroatoms. The van der Waals surface area contributed by atoms with Crippen molar-refractivity contribution in [3.05, 3.63) is 60.2 Å². The third-order valence-corrected chi connectivity index (χ3v) is 4.96. The Kier molecular flexibility index (Phi) is 3.96. The topological polar surface area (TPSA) is 62.7 Å². The zero-order valence-electron chi connectivity index (χ0n) is 15.4. The molecule has 0 atom stereocenters. The Morgan fingerprint density at radius 2 is 1.71 bits per heavy atom. The second kappa shape index (κ2) is 6.63. The Labute approximate surface area is 161 Å². The highest BCUT2D eigenvalue weighted by atomic mass is 19.1. The van der Waals surface area contributed by atoms with Crippen LogP contribution in [-0.2, 0) is 0 Å². The summed E-state index contributed by atoms with van der Waals surface area (Å²) in [6, 6.07) is 12.3. The van der Waals surface area contributed by atoms with Crippen molar-refractivity contribution in [2.75, 3.05) is 36.0 Å². The van der Waals surface area contributed by atoms with Crippen LogP contribution in [0.15, 0.2) is 53.1 Å². The van der Waals surface area contributed by atoms with E-state index in [-0.39, 0.29) is 5.82 Å². The van der Waals surface area contributed by atoms with Gasteiger partial charge >= 0.3 is 0 Å². The van der Waals surface area contributed by atoms with Gasteiger partial charge in [-0.2, -0.15) is 9.50 Å². The first kappa shape index (κ1) is 16.7. The number of anilines is 2. The summed E-state index contributed by atoms with van der Waals surface area (Å²) in [7, 11) is 0. The van der Waals surface area contributed by atoms with Gasteiger partial charge in [-0.15, -0.1) is 5.10 Å². The van der Waals surface area contributed by atoms with Gasteiger partial charge in [-0.25, -0.2) is 9.37 Å². The largest absolute Gasteiger partial charge is 0.461 e. The maximum absolute atomic E-state index is 13.2. The molecule has 5 rings (SSSR count). The Hall–Kier alpha value is -3.42. The van der Waals surface area contributed by atoms with Crippen LogP contribution >= 0.6 is 0 Å². The quantitative estimate of drug-likeness (QED) is 0.546. The molecule has 0 radical (unpaired) electrons. The van der Waals surface area contributed by atoms with E-state index in [0.717, 1.165) is 43.4 Å². The number of aromatic nitrogens is 4. The number of benzene rings is 1. The summed E-state index contributed by atoms with van der Waals surface area (Å²) in [5, 5.41) is 4.61. The van der Waals surface area contributed by atoms with Crippen molar-refractivity contribution >= 4 is 17.3 Å². The minimum absolute atomic E-state index is 0.212. The lowest BCUT2D eigenvalue weighted by Crippen LogP contribution is -2.47. The summed E-state index contributed by atoms with van der Waals surface area (Å²) in [6.07, 6.45) is 1.61. The Morgan fingerprint density at radius 3 is 2.43 bits per heavy atom. The summed E-state index contributed by atoms with van der Waals surface area (Å²) in [6.45, 7) is 5.29. The first-order valence-electron chi connectivity index (χ1n) is 9.21. The number of rotatable bonds is 3. The van der Waals surface area contributed by atoms with E-state index >= 15 is 0 Å². The molecule has 0 spiro atoms. The van der Waals surface area contributed by atoms with Gasteiger partial charge in [-0.05, 0) is 43.3 Å². The molecule has 7 nitrogen and oxygen atoms in total. The van der Waals surface area contributed by atoms with Crippen molar-refractivity contribution in [3.8, 4) is 11.6 Å². The first-order chi connectivity index (χ1) is 13.7. The van der Waals surface area contributed by atoms with Crippen LogP contribution < -0.4 is 9.80 Å². The van der Waals surface area contributed by atoms with Crippen LogP contribution in [0.25, 0.3) is 17.4 Å². The molecule has 4 heterocycles. The third kappa shape index (κ3) is 2.96. The average molecular weight is 378 g/mol. The minimum atomic E-state index is -0.212. The van der Waals surface area contributed by atoms with Crippen LogP contribution in [0.4, 0.5) is 15.9 Å². The molecule has 1 aliphatic heterocycles. The normalized spacial score (nSPS) is 14.8. The molecule has 4 aromatic rings. The van der Waals surface area contributed by atoms with Crippen LogP contribution in [-0.4, -0.2) is 45.8 Å². The smallest absolute Gasteiger partial charge is 0.254 e. The lowest BCUT2D eigenvalue weighted by atomic mass is 10.2. The molecule has 28 heavy (non-hydrogen) atoms. The van der Waals surface area contributed by atoms with Gasteiger partial charge in [0.2, 0.25) is 5.82 Å². The molecule has 0 unspecified atom stereocenters. The highest BCUT2D eigenvalue weighted by Gasteiger charge is 2.22. The highest BCUT2D eigenvalue weighted by Crippen LogP contribution is 2.24. The SMILES string of the molecule is Cc1cc(N2CCN(c3ccc(F)cc3)CC2)n2nc(-c3ccco3)nc2n1. The van der Waals surface area contributed by atoms with E-state index in [1.54, 1.807) is 10.8 Å². The van der Waals surface area contributed by atoms with Crippen LogP contribution in [0, 0.1) is 12.7 Å². The minimum Gasteiger partial charge on any atom is -0.461 e. The Morgan fingerprint density at radius 1 is 0.964 bits per heavy atom. The van der Waals surface area contributed by atoms with E-state index in [2.05, 4.69) is 24.9 Å². The second-order valence-corrected chi connectivity index (χ2v) is 6.83. The van der Waals surface area contributed by atoms with Gasteiger partial charge in [0, 0.05) is 43.6 Å². The summed E-state index contributed by atoms with van der Waals surface area (Å²) < 4.78 is 20.4. The molecule has 0 bridgehead atoms. The van der Waals surface area contributed by atoms with Crippen molar-refractivity contribution in [1.82, 2.24) is 19.6 Å². The predicted molar refractivity (Wildman–Crippen MR) is 104 cm³/mol. The number of fused-ring (bicyclic) bond motifs is 1. The number of aryl methyl sites for hydroxylation is 1. The van der Waals surface area contributed by atoms with Gasteiger partial charge in [0.1, 0.15) is 11.6 Å². The lowest BCUT2D eigenvalue weighted by molar-refractivity contribution is 0.577. The fourth-order valence-electron chi connectivity index (χ4n) is 3.55. The molecule has 1 aliphatic rings. The van der Waals surface area contributed by atoms with Gasteiger partial charge in [-0.3, -0.25) is 0 Å². The number of furan rings is 1. The standard InChI is InChI=1S/C20H19FN6O/c1-14-13-18(27-20(22-14)23-19(24-27)17-3-2-12-28-17)26-10-8-25(9-11-26)16-6-4-15(21)5-7-16/h2-7,12-13H,8-11H2,1H3. The molecule has 1 aromatic carbocycles. The van der Waals surface area contributed by atoms with Crippen molar-refractivity contribution < 1.29 is 8.81 Å². The zero-order chi connectivity index (χ0) is 19.1. The summed E-state index contributed by atoms with van der Waals surface area (Å²) >= 11 is 0. The molecule has 0 aliphatic carbocycles. The van der Waals surface area contributed by atoms with Crippen LogP contribution in [0.2, 0.25) is 0 Å². The van der Waals surface area contributed by atoms with Gasteiger partial charge in [0.15, 0.2) is 5.76 Å². The van der Waals surface area contributed by atoms with E-state index in [9.17, 15) is 4.39 Å². The van der Waals surface area contributed by atoms with E-state index in [1.165, 1.54) is 12.1 Å². The van der Waals surface area contributed by atoms with Gasteiger partial charge in [0.05, 0.1) is 6.26 Å². The number of halogens is 1. The maximum atomic E-state index is 13.2. The number of hydrogen-bond acceptors (Lipinski definition) is 6. The monoisotopic (exact) mass is 378 g/mol. The molecule has 142 valence electrons. The summed E-state index contributed by atoms with van der Waals surface area (Å²) in [4.78, 5) is 13.6. The molecule has 0 amide bonds. The van der Waals surface area contributed by atoms with Crippen molar-refractivity contribution in [2.45, 2.75) is 6.92 Å². The van der Waals surface area contributed by atoms with Crippen LogP contribution in [0.3, 0.4) is 0 Å². The van der Waals surface area contributed by atoms with Gasteiger partial charge in [-0.1, -0.05) is 0 Å². The molecular weight excluding hydrogens is 359 g/mol. The van der Waals surface area contributed by atoms with E-state index in [0.29, 0.717) is 17.4 Å². The molecule has 1 saturated heterocycles. The predicted octanol–water partition coefficient (Wildman–Crippen LogP) is 3.16. The van der Waals surface area contributed by atoms with E-state index in [1.807, 2.05) is 37.3 Å². The maximum Gasteiger partial charge on any atom is 0.254 e. The zero-order valence-corrected chi connectivity index (χ0v) is 15.4. The summed E-state index contributed by atoms with van der Waals surface area (Å²) in [5.74, 6) is 2.45. The van der Waals surface area contributed by atoms with Crippen molar-refractivity contribution in [3.63, 3.8) is 0 Å². The number of nitrogens with zero attached hydrogens (tertiary/aromatic N) is 6. The molecule has 3 aromatic heterocycles. The number of hydrogen-bond donors (Lipinski definition) is 0. The van der Waals surface area contributed by atoms with Crippen LogP contribution in [0.1, 0.15) is 5.69 Å². The lowest BCUT2D eigenvalue weighted by Gasteiger charge is -2.37. The second-order valence-electron chi connectivity index (χ2n) is 6.83. The average Bonchev–Trinajstić information content (AvgIpc) is 3.38. The van der Waals surface area contributed by atoms with E-state index in [4.69, 9.17) is 4.42 Å². The molecule has 1 fully saturated rings. The van der Waals surface area contributed by atoms with Crippen molar-refractivity contribution in [2.24, 2.45) is 0 Å². The fourth-order valence-corrected chi connectivity index (χ4v) is 3.55. The molecule has 0 saturated carbocycles. The first-order valence-corrected chi connectivity index (χ1v) is 9.21. The Bertz CT molecular complexity index is 1100. The van der Waals surface area contributed by atoms with Crippen molar-refractivity contribution in [1.29, 1.82) is 0 Å². The highest BCUT2D eigenvalue weighted by molar-refractivity contribution is 5.55. The fraction of sp³-hybridized carbons (Fsp3) is 0.250. The van der Waals surface area contributed by atoms with E-state index < -0.39 is 0 Å². The molecular formula is C20H19FN6O. The third-order valence-electron chi connectivity index (χ3n) is 4.96. The van der Waals surface area contributed by atoms with Crippen LogP contribution in [0.5, 0.6) is 0 Å². The van der Waals surface area contributed by atoms with Gasteiger partial charge in [0.25, 0.3) is 5.78 Å².